The summed E-state index contributed by atoms with van der Waals surface area (Å²) in [7, 11) is 0. The number of anilines is 1. The van der Waals surface area contributed by atoms with Crippen LogP contribution in [0.3, 0.4) is 0 Å². The number of amides is 1. The van der Waals surface area contributed by atoms with Crippen LogP contribution in [-0.2, 0) is 4.79 Å². The average molecular weight is 395 g/mol. The van der Waals surface area contributed by atoms with Gasteiger partial charge in [-0.05, 0) is 61.2 Å². The Bertz CT molecular complexity index is 897. The van der Waals surface area contributed by atoms with Crippen molar-refractivity contribution in [2.45, 2.75) is 31.9 Å². The van der Waals surface area contributed by atoms with E-state index in [1.807, 2.05) is 49.4 Å². The number of benzene rings is 2. The fourth-order valence-electron chi connectivity index (χ4n) is 3.94. The molecular weight excluding hydrogens is 369 g/mol. The number of rotatable bonds is 7. The van der Waals surface area contributed by atoms with Gasteiger partial charge in [0.15, 0.2) is 0 Å². The third-order valence-corrected chi connectivity index (χ3v) is 5.49. The minimum atomic E-state index is -0.670. The molecule has 0 spiro atoms. The molecule has 6 heteroatoms. The van der Waals surface area contributed by atoms with Gasteiger partial charge in [0.2, 0.25) is 5.91 Å². The summed E-state index contributed by atoms with van der Waals surface area (Å²) in [6, 6.07) is 13.4. The van der Waals surface area contributed by atoms with Crippen LogP contribution < -0.4 is 10.1 Å². The van der Waals surface area contributed by atoms with Crippen LogP contribution in [-0.4, -0.2) is 49.4 Å². The minimum absolute atomic E-state index is 0.0462. The lowest BCUT2D eigenvalue weighted by Gasteiger charge is -2.14. The molecule has 0 radical (unpaired) electrons. The van der Waals surface area contributed by atoms with Gasteiger partial charge in [0.1, 0.15) is 17.8 Å². The fourth-order valence-corrected chi connectivity index (χ4v) is 3.94. The monoisotopic (exact) mass is 395 g/mol. The molecule has 0 bridgehead atoms. The van der Waals surface area contributed by atoms with Crippen LogP contribution in [0.4, 0.5) is 15.8 Å². The zero-order valence-electron chi connectivity index (χ0n) is 16.6. The highest BCUT2D eigenvalue weighted by Crippen LogP contribution is 2.34. The fraction of sp³-hybridized carbons (Fsp3) is 0.391. The van der Waals surface area contributed by atoms with E-state index in [0.717, 1.165) is 47.8 Å². The SMILES string of the molecule is Cc1cccc2c1C(C=Nc1ccc(OCCCN3CCC(F)C3)cc1)C(=O)N2. The molecule has 2 aliphatic heterocycles. The molecule has 0 aromatic heterocycles. The quantitative estimate of drug-likeness (QED) is 0.563. The van der Waals surface area contributed by atoms with E-state index in [0.29, 0.717) is 19.6 Å². The Balaban J connectivity index is 1.29. The minimum Gasteiger partial charge on any atom is -0.494 e. The van der Waals surface area contributed by atoms with Gasteiger partial charge in [-0.3, -0.25) is 9.79 Å². The van der Waals surface area contributed by atoms with E-state index in [-0.39, 0.29) is 11.8 Å². The number of alkyl halides is 1. The lowest BCUT2D eigenvalue weighted by atomic mass is 9.97. The molecule has 2 aliphatic rings. The van der Waals surface area contributed by atoms with Gasteiger partial charge in [0, 0.05) is 31.5 Å². The van der Waals surface area contributed by atoms with E-state index < -0.39 is 6.17 Å². The molecule has 4 rings (SSSR count). The number of halogens is 1. The highest BCUT2D eigenvalue weighted by atomic mass is 19.1. The summed E-state index contributed by atoms with van der Waals surface area (Å²) in [6.07, 6.45) is 2.56. The maximum Gasteiger partial charge on any atom is 0.237 e. The highest BCUT2D eigenvalue weighted by Gasteiger charge is 2.30. The standard InChI is InChI=1S/C23H26FN3O2/c1-16-4-2-5-21-22(16)20(23(28)26-21)14-25-18-6-8-19(9-7-18)29-13-3-11-27-12-10-17(24)15-27/h2,4-9,14,17,20H,3,10-13,15H2,1H3,(H,26,28). The van der Waals surface area contributed by atoms with Crippen molar-refractivity contribution in [1.29, 1.82) is 0 Å². The van der Waals surface area contributed by atoms with Crippen molar-refractivity contribution in [2.24, 2.45) is 4.99 Å². The summed E-state index contributed by atoms with van der Waals surface area (Å²) in [5.41, 5.74) is 3.72. The Morgan fingerprint density at radius 1 is 1.28 bits per heavy atom. The topological polar surface area (TPSA) is 53.9 Å². The first kappa shape index (κ1) is 19.6. The molecule has 29 heavy (non-hydrogen) atoms. The van der Waals surface area contributed by atoms with Gasteiger partial charge in [-0.25, -0.2) is 4.39 Å². The van der Waals surface area contributed by atoms with Crippen molar-refractivity contribution in [3.05, 3.63) is 53.6 Å². The molecule has 2 atom stereocenters. The summed E-state index contributed by atoms with van der Waals surface area (Å²) in [6.45, 7) is 4.87. The number of hydrogen-bond acceptors (Lipinski definition) is 4. The Labute approximate surface area is 170 Å². The van der Waals surface area contributed by atoms with E-state index in [4.69, 9.17) is 4.74 Å². The molecule has 2 heterocycles. The van der Waals surface area contributed by atoms with Crippen LogP contribution in [0.1, 0.15) is 29.9 Å². The zero-order valence-corrected chi connectivity index (χ0v) is 16.6. The number of hydrogen-bond donors (Lipinski definition) is 1. The molecule has 2 aromatic carbocycles. The number of ether oxygens (including phenoxy) is 1. The Morgan fingerprint density at radius 2 is 2.10 bits per heavy atom. The Kier molecular flexibility index (Phi) is 5.90. The van der Waals surface area contributed by atoms with Crippen LogP contribution in [0.25, 0.3) is 0 Å². The number of aliphatic imine (C=N–C) groups is 1. The van der Waals surface area contributed by atoms with Crippen molar-refractivity contribution in [2.75, 3.05) is 31.6 Å². The molecule has 0 aliphatic carbocycles. The third-order valence-electron chi connectivity index (χ3n) is 5.49. The second kappa shape index (κ2) is 8.74. The predicted molar refractivity (Wildman–Crippen MR) is 113 cm³/mol. The maximum absolute atomic E-state index is 13.2. The molecule has 0 saturated carbocycles. The van der Waals surface area contributed by atoms with Gasteiger partial charge < -0.3 is 15.0 Å². The molecule has 2 unspecified atom stereocenters. The molecule has 152 valence electrons. The van der Waals surface area contributed by atoms with E-state index in [1.54, 1.807) is 6.21 Å². The number of carbonyl (C=O) groups excluding carboxylic acids is 1. The first-order valence-corrected chi connectivity index (χ1v) is 10.1. The number of likely N-dealkylation sites (tertiary alicyclic amines) is 1. The van der Waals surface area contributed by atoms with Gasteiger partial charge in [-0.1, -0.05) is 12.1 Å². The van der Waals surface area contributed by atoms with Crippen molar-refractivity contribution < 1.29 is 13.9 Å². The normalized spacial score (nSPS) is 21.5. The molecular formula is C23H26FN3O2. The van der Waals surface area contributed by atoms with Crippen LogP contribution in [0.15, 0.2) is 47.5 Å². The van der Waals surface area contributed by atoms with E-state index in [1.165, 1.54) is 0 Å². The van der Waals surface area contributed by atoms with Crippen molar-refractivity contribution in [3.8, 4) is 5.75 Å². The first-order chi connectivity index (χ1) is 14.1. The number of nitrogens with zero attached hydrogens (tertiary/aromatic N) is 2. The van der Waals surface area contributed by atoms with Gasteiger partial charge in [0.05, 0.1) is 12.3 Å². The maximum atomic E-state index is 13.2. The summed E-state index contributed by atoms with van der Waals surface area (Å²) < 4.78 is 18.9. The smallest absolute Gasteiger partial charge is 0.237 e. The predicted octanol–water partition coefficient (Wildman–Crippen LogP) is 4.25. The van der Waals surface area contributed by atoms with Crippen LogP contribution in [0, 0.1) is 6.92 Å². The van der Waals surface area contributed by atoms with Gasteiger partial charge in [0.25, 0.3) is 0 Å². The lowest BCUT2D eigenvalue weighted by Crippen LogP contribution is -2.23. The number of fused-ring (bicyclic) bond motifs is 1. The number of carbonyl (C=O) groups is 1. The number of nitrogens with one attached hydrogen (secondary N) is 1. The zero-order chi connectivity index (χ0) is 20.2. The Hall–Kier alpha value is -2.73. The Morgan fingerprint density at radius 3 is 2.86 bits per heavy atom. The third kappa shape index (κ3) is 4.65. The second-order valence-electron chi connectivity index (χ2n) is 7.66. The van der Waals surface area contributed by atoms with Crippen molar-refractivity contribution in [3.63, 3.8) is 0 Å². The van der Waals surface area contributed by atoms with E-state index in [2.05, 4.69) is 15.2 Å². The molecule has 5 nitrogen and oxygen atoms in total. The highest BCUT2D eigenvalue weighted by molar-refractivity contribution is 6.13. The van der Waals surface area contributed by atoms with Crippen LogP contribution >= 0.6 is 0 Å². The molecule has 1 fully saturated rings. The van der Waals surface area contributed by atoms with Crippen LogP contribution in [0.5, 0.6) is 5.75 Å². The molecule has 2 aromatic rings. The molecule has 1 amide bonds. The molecule has 1 saturated heterocycles. The first-order valence-electron chi connectivity index (χ1n) is 10.1. The lowest BCUT2D eigenvalue weighted by molar-refractivity contribution is -0.115. The summed E-state index contributed by atoms with van der Waals surface area (Å²) in [5.74, 6) is 0.375. The number of aryl methyl sites for hydroxylation is 1. The summed E-state index contributed by atoms with van der Waals surface area (Å²) >= 11 is 0. The van der Waals surface area contributed by atoms with Crippen molar-refractivity contribution in [1.82, 2.24) is 4.90 Å². The van der Waals surface area contributed by atoms with Crippen molar-refractivity contribution >= 4 is 23.5 Å². The van der Waals surface area contributed by atoms with Crippen LogP contribution in [0.2, 0.25) is 0 Å². The summed E-state index contributed by atoms with van der Waals surface area (Å²) in [4.78, 5) is 18.9. The van der Waals surface area contributed by atoms with E-state index >= 15 is 0 Å². The average Bonchev–Trinajstić information content (AvgIpc) is 3.27. The van der Waals surface area contributed by atoms with E-state index in [9.17, 15) is 9.18 Å². The van der Waals surface area contributed by atoms with Gasteiger partial charge >= 0.3 is 0 Å². The second-order valence-corrected chi connectivity index (χ2v) is 7.66. The largest absolute Gasteiger partial charge is 0.494 e. The van der Waals surface area contributed by atoms with Gasteiger partial charge in [-0.2, -0.15) is 0 Å². The molecule has 1 N–H and O–H groups in total. The van der Waals surface area contributed by atoms with Gasteiger partial charge in [-0.15, -0.1) is 0 Å². The summed E-state index contributed by atoms with van der Waals surface area (Å²) in [5, 5.41) is 2.91.